The van der Waals surface area contributed by atoms with Crippen LogP contribution in [0.5, 0.6) is 0 Å². The van der Waals surface area contributed by atoms with Crippen molar-refractivity contribution >= 4 is 39.4 Å². The van der Waals surface area contributed by atoms with E-state index < -0.39 is 0 Å². The SMILES string of the molecule is O=c1cc(CSc2n[nH]c(-c3ccccc3)n2)nc2sc(-c3cccs3)nn12. The first kappa shape index (κ1) is 17.3. The number of thioether (sulfide) groups is 1. The number of aromatic amines is 1. The molecule has 0 atom stereocenters. The molecule has 4 heterocycles. The lowest BCUT2D eigenvalue weighted by molar-refractivity contribution is 0.892. The summed E-state index contributed by atoms with van der Waals surface area (Å²) < 4.78 is 1.36. The van der Waals surface area contributed by atoms with Crippen molar-refractivity contribution in [3.8, 4) is 21.3 Å². The summed E-state index contributed by atoms with van der Waals surface area (Å²) in [5, 5.41) is 15.0. The van der Waals surface area contributed by atoms with Crippen molar-refractivity contribution < 1.29 is 0 Å². The van der Waals surface area contributed by atoms with E-state index in [4.69, 9.17) is 0 Å². The van der Waals surface area contributed by atoms with Gasteiger partial charge in [0, 0.05) is 17.4 Å². The fraction of sp³-hybridized carbons (Fsp3) is 0.0556. The van der Waals surface area contributed by atoms with Crippen LogP contribution in [-0.4, -0.2) is 29.8 Å². The standard InChI is InChI=1S/C18H12N6OS3/c25-14-9-12(19-18-24(14)23-16(28-18)13-7-4-8-26-13)10-27-17-20-15(21-22-17)11-5-2-1-3-6-11/h1-9H,10H2,(H,20,21,22). The molecule has 1 aromatic carbocycles. The number of hydrogen-bond donors (Lipinski definition) is 1. The van der Waals surface area contributed by atoms with Crippen molar-refractivity contribution in [3.63, 3.8) is 0 Å². The highest BCUT2D eigenvalue weighted by atomic mass is 32.2. The molecule has 0 bridgehead atoms. The first-order valence-electron chi connectivity index (χ1n) is 8.30. The van der Waals surface area contributed by atoms with E-state index in [1.807, 2.05) is 47.8 Å². The van der Waals surface area contributed by atoms with Gasteiger partial charge in [0.1, 0.15) is 0 Å². The van der Waals surface area contributed by atoms with Crippen molar-refractivity contribution in [2.45, 2.75) is 10.9 Å². The molecule has 28 heavy (non-hydrogen) atoms. The van der Waals surface area contributed by atoms with Crippen LogP contribution >= 0.6 is 34.4 Å². The zero-order valence-electron chi connectivity index (χ0n) is 14.3. The van der Waals surface area contributed by atoms with E-state index in [1.165, 1.54) is 33.7 Å². The lowest BCUT2D eigenvalue weighted by Crippen LogP contribution is -2.15. The third-order valence-corrected chi connectivity index (χ3v) is 6.72. The molecule has 0 amide bonds. The van der Waals surface area contributed by atoms with Crippen molar-refractivity contribution in [2.24, 2.45) is 0 Å². The summed E-state index contributed by atoms with van der Waals surface area (Å²) in [6.07, 6.45) is 0. The maximum absolute atomic E-state index is 12.4. The summed E-state index contributed by atoms with van der Waals surface area (Å²) >= 11 is 4.43. The molecule has 0 spiro atoms. The summed E-state index contributed by atoms with van der Waals surface area (Å²) in [6, 6.07) is 15.3. The van der Waals surface area contributed by atoms with Gasteiger partial charge in [-0.3, -0.25) is 9.89 Å². The van der Waals surface area contributed by atoms with Crippen LogP contribution in [0.1, 0.15) is 5.69 Å². The second kappa shape index (κ2) is 7.30. The van der Waals surface area contributed by atoms with Crippen LogP contribution in [0.15, 0.2) is 63.9 Å². The number of nitrogens with one attached hydrogen (secondary N) is 1. The minimum atomic E-state index is -0.181. The zero-order valence-corrected chi connectivity index (χ0v) is 16.7. The molecule has 0 aliphatic carbocycles. The van der Waals surface area contributed by atoms with Gasteiger partial charge < -0.3 is 0 Å². The Balaban J connectivity index is 1.37. The van der Waals surface area contributed by atoms with E-state index in [0.717, 1.165) is 21.3 Å². The smallest absolute Gasteiger partial charge is 0.267 e. The molecule has 0 saturated carbocycles. The Kier molecular flexibility index (Phi) is 4.51. The monoisotopic (exact) mass is 424 g/mol. The Morgan fingerprint density at radius 2 is 2.00 bits per heavy atom. The van der Waals surface area contributed by atoms with Crippen LogP contribution in [0.2, 0.25) is 0 Å². The van der Waals surface area contributed by atoms with Crippen LogP contribution < -0.4 is 5.56 Å². The van der Waals surface area contributed by atoms with Gasteiger partial charge in [0.05, 0.1) is 10.6 Å². The highest BCUT2D eigenvalue weighted by Gasteiger charge is 2.12. The molecule has 138 valence electrons. The largest absolute Gasteiger partial charge is 0.275 e. The van der Waals surface area contributed by atoms with Crippen LogP contribution in [-0.2, 0) is 5.75 Å². The van der Waals surface area contributed by atoms with Gasteiger partial charge in [0.15, 0.2) is 10.8 Å². The van der Waals surface area contributed by atoms with Crippen LogP contribution in [0.4, 0.5) is 0 Å². The van der Waals surface area contributed by atoms with Crippen molar-refractivity contribution in [1.29, 1.82) is 0 Å². The number of H-pyrrole nitrogens is 1. The molecule has 7 nitrogen and oxygen atoms in total. The molecule has 5 aromatic rings. The molecule has 4 aromatic heterocycles. The molecule has 10 heteroatoms. The number of benzene rings is 1. The topological polar surface area (TPSA) is 88.8 Å². The van der Waals surface area contributed by atoms with E-state index >= 15 is 0 Å². The normalized spacial score (nSPS) is 11.3. The van der Waals surface area contributed by atoms with Crippen LogP contribution in [0, 0.1) is 0 Å². The Hall–Kier alpha value is -2.82. The van der Waals surface area contributed by atoms with Gasteiger partial charge in [-0.1, -0.05) is 59.5 Å². The summed E-state index contributed by atoms with van der Waals surface area (Å²) in [7, 11) is 0. The van der Waals surface area contributed by atoms with Gasteiger partial charge >= 0.3 is 0 Å². The van der Waals surface area contributed by atoms with Gasteiger partial charge in [-0.2, -0.15) is 9.61 Å². The van der Waals surface area contributed by atoms with Gasteiger partial charge in [-0.25, -0.2) is 9.97 Å². The minimum Gasteiger partial charge on any atom is -0.267 e. The van der Waals surface area contributed by atoms with E-state index in [9.17, 15) is 4.79 Å². The van der Waals surface area contributed by atoms with E-state index in [0.29, 0.717) is 21.6 Å². The Morgan fingerprint density at radius 1 is 1.11 bits per heavy atom. The molecule has 0 aliphatic rings. The molecule has 1 N–H and O–H groups in total. The molecular formula is C18H12N6OS3. The molecular weight excluding hydrogens is 412 g/mol. The number of hydrogen-bond acceptors (Lipinski definition) is 8. The highest BCUT2D eigenvalue weighted by Crippen LogP contribution is 2.28. The lowest BCUT2D eigenvalue weighted by Gasteiger charge is -1.97. The average molecular weight is 425 g/mol. The molecule has 0 unspecified atom stereocenters. The number of nitrogens with zero attached hydrogens (tertiary/aromatic N) is 5. The second-order valence-electron chi connectivity index (χ2n) is 5.79. The fourth-order valence-corrected chi connectivity index (χ4v) is 5.01. The number of rotatable bonds is 5. The maximum atomic E-state index is 12.4. The Bertz CT molecular complexity index is 1290. The summed E-state index contributed by atoms with van der Waals surface area (Å²) in [5.74, 6) is 1.22. The van der Waals surface area contributed by atoms with Gasteiger partial charge in [0.2, 0.25) is 10.1 Å². The van der Waals surface area contributed by atoms with Crippen LogP contribution in [0.3, 0.4) is 0 Å². The number of thiophene rings is 1. The first-order chi connectivity index (χ1) is 13.8. The zero-order chi connectivity index (χ0) is 18.9. The third kappa shape index (κ3) is 3.37. The number of aromatic nitrogens is 6. The minimum absolute atomic E-state index is 0.181. The maximum Gasteiger partial charge on any atom is 0.275 e. The molecule has 5 rings (SSSR count). The van der Waals surface area contributed by atoms with Crippen molar-refractivity contribution in [3.05, 3.63) is 70.0 Å². The predicted molar refractivity (Wildman–Crippen MR) is 112 cm³/mol. The summed E-state index contributed by atoms with van der Waals surface area (Å²) in [5.41, 5.74) is 1.48. The Labute approximate surface area is 171 Å². The van der Waals surface area contributed by atoms with Gasteiger partial charge in [0.25, 0.3) is 5.56 Å². The van der Waals surface area contributed by atoms with E-state index in [2.05, 4.69) is 25.3 Å². The molecule has 0 fully saturated rings. The first-order valence-corrected chi connectivity index (χ1v) is 11.0. The summed E-state index contributed by atoms with van der Waals surface area (Å²) in [6.45, 7) is 0. The predicted octanol–water partition coefficient (Wildman–Crippen LogP) is 3.96. The third-order valence-electron chi connectivity index (χ3n) is 3.89. The lowest BCUT2D eigenvalue weighted by atomic mass is 10.2. The van der Waals surface area contributed by atoms with Gasteiger partial charge in [-0.15, -0.1) is 16.4 Å². The number of fused-ring (bicyclic) bond motifs is 1. The van der Waals surface area contributed by atoms with E-state index in [1.54, 1.807) is 11.3 Å². The fourth-order valence-electron chi connectivity index (χ4n) is 2.60. The molecule has 0 radical (unpaired) electrons. The molecule has 0 aliphatic heterocycles. The summed E-state index contributed by atoms with van der Waals surface area (Å²) in [4.78, 5) is 23.1. The quantitative estimate of drug-likeness (QED) is 0.430. The van der Waals surface area contributed by atoms with Crippen molar-refractivity contribution in [1.82, 2.24) is 29.8 Å². The van der Waals surface area contributed by atoms with Crippen molar-refractivity contribution in [2.75, 3.05) is 0 Å². The highest BCUT2D eigenvalue weighted by molar-refractivity contribution is 7.98. The average Bonchev–Trinajstić information content (AvgIpc) is 3.46. The molecule has 0 saturated heterocycles. The van der Waals surface area contributed by atoms with Crippen LogP contribution in [0.25, 0.3) is 26.2 Å². The second-order valence-corrected chi connectivity index (χ2v) is 8.63. The van der Waals surface area contributed by atoms with E-state index in [-0.39, 0.29) is 5.56 Å². The Morgan fingerprint density at radius 3 is 2.82 bits per heavy atom. The van der Waals surface area contributed by atoms with Gasteiger partial charge in [-0.05, 0) is 11.4 Å².